The van der Waals surface area contributed by atoms with Crippen molar-refractivity contribution in [2.75, 3.05) is 17.2 Å². The maximum atomic E-state index is 12.0. The van der Waals surface area contributed by atoms with Crippen LogP contribution < -0.4 is 10.6 Å². The number of aromatic carboxylic acids is 1. The zero-order chi connectivity index (χ0) is 17.7. The third kappa shape index (κ3) is 4.33. The fraction of sp³-hybridized carbons (Fsp3) is 0.118. The average molecular weight is 347 g/mol. The molecule has 2 rings (SSSR count). The first-order valence-electron chi connectivity index (χ1n) is 7.05. The van der Waals surface area contributed by atoms with Crippen LogP contribution in [0.4, 0.5) is 11.4 Å². The van der Waals surface area contributed by atoms with Crippen molar-refractivity contribution in [1.29, 1.82) is 0 Å². The number of hydrogen-bond donors (Lipinski definition) is 3. The number of carbonyl (C=O) groups is 3. The summed E-state index contributed by atoms with van der Waals surface area (Å²) in [5.74, 6) is -1.75. The first-order valence-corrected chi connectivity index (χ1v) is 7.43. The van der Waals surface area contributed by atoms with Crippen molar-refractivity contribution in [1.82, 2.24) is 0 Å². The Morgan fingerprint density at radius 3 is 2.42 bits per heavy atom. The molecule has 0 aliphatic heterocycles. The first-order chi connectivity index (χ1) is 11.4. The van der Waals surface area contributed by atoms with Gasteiger partial charge in [-0.1, -0.05) is 23.7 Å². The highest BCUT2D eigenvalue weighted by molar-refractivity contribution is 6.31. The van der Waals surface area contributed by atoms with E-state index in [0.29, 0.717) is 16.3 Å². The first kappa shape index (κ1) is 17.5. The second-order valence-electron chi connectivity index (χ2n) is 5.00. The van der Waals surface area contributed by atoms with Gasteiger partial charge in [0.1, 0.15) is 0 Å². The van der Waals surface area contributed by atoms with Gasteiger partial charge < -0.3 is 15.7 Å². The van der Waals surface area contributed by atoms with Crippen molar-refractivity contribution in [3.05, 3.63) is 58.6 Å². The standard InChI is InChI=1S/C17H15ClN2O4/c1-10(21)13-8-11(18)6-7-14(13)19-9-16(22)20-15-5-3-2-4-12(15)17(23)24/h2-8,19H,9H2,1H3,(H,20,22)(H,23,24). The molecule has 0 saturated heterocycles. The molecule has 1 amide bonds. The molecule has 0 bridgehead atoms. The SMILES string of the molecule is CC(=O)c1cc(Cl)ccc1NCC(=O)Nc1ccccc1C(=O)O. The third-order valence-electron chi connectivity index (χ3n) is 3.23. The molecule has 0 heterocycles. The Morgan fingerprint density at radius 2 is 1.75 bits per heavy atom. The zero-order valence-electron chi connectivity index (χ0n) is 12.8. The molecule has 24 heavy (non-hydrogen) atoms. The number of ketones is 1. The molecule has 2 aromatic carbocycles. The summed E-state index contributed by atoms with van der Waals surface area (Å²) in [5, 5.41) is 14.9. The molecular formula is C17H15ClN2O4. The number of amides is 1. The van der Waals surface area contributed by atoms with Crippen LogP contribution in [-0.2, 0) is 4.79 Å². The number of carboxylic acids is 1. The summed E-state index contributed by atoms with van der Waals surface area (Å²) in [6.07, 6.45) is 0. The van der Waals surface area contributed by atoms with Gasteiger partial charge >= 0.3 is 5.97 Å². The van der Waals surface area contributed by atoms with Crippen LogP contribution in [0.25, 0.3) is 0 Å². The lowest BCUT2D eigenvalue weighted by atomic mass is 10.1. The van der Waals surface area contributed by atoms with Gasteiger partial charge in [0.25, 0.3) is 0 Å². The molecule has 0 unspecified atom stereocenters. The number of Topliss-reactive ketones (excluding diaryl/α,β-unsaturated/α-hetero) is 1. The lowest BCUT2D eigenvalue weighted by molar-refractivity contribution is -0.114. The summed E-state index contributed by atoms with van der Waals surface area (Å²) in [6, 6.07) is 10.8. The van der Waals surface area contributed by atoms with Crippen LogP contribution in [0.15, 0.2) is 42.5 Å². The molecular weight excluding hydrogens is 332 g/mol. The van der Waals surface area contributed by atoms with E-state index in [1.54, 1.807) is 24.3 Å². The highest BCUT2D eigenvalue weighted by atomic mass is 35.5. The van der Waals surface area contributed by atoms with E-state index in [1.807, 2.05) is 0 Å². The van der Waals surface area contributed by atoms with Crippen molar-refractivity contribution in [2.45, 2.75) is 6.92 Å². The summed E-state index contributed by atoms with van der Waals surface area (Å²) in [7, 11) is 0. The molecule has 2 aromatic rings. The summed E-state index contributed by atoms with van der Waals surface area (Å²) >= 11 is 5.86. The Labute approximate surface area is 143 Å². The van der Waals surface area contributed by atoms with Gasteiger partial charge in [-0.25, -0.2) is 4.79 Å². The Morgan fingerprint density at radius 1 is 1.04 bits per heavy atom. The Hall–Kier alpha value is -2.86. The fourth-order valence-corrected chi connectivity index (χ4v) is 2.28. The highest BCUT2D eigenvalue weighted by Crippen LogP contribution is 2.21. The molecule has 0 fully saturated rings. The molecule has 0 aromatic heterocycles. The summed E-state index contributed by atoms with van der Waals surface area (Å²) in [4.78, 5) is 34.8. The predicted octanol–water partition coefficient (Wildman–Crippen LogP) is 3.29. The number of nitrogens with one attached hydrogen (secondary N) is 2. The number of halogens is 1. The number of rotatable bonds is 6. The van der Waals surface area contributed by atoms with Crippen LogP contribution in [0, 0.1) is 0 Å². The highest BCUT2D eigenvalue weighted by Gasteiger charge is 2.13. The predicted molar refractivity (Wildman–Crippen MR) is 92.0 cm³/mol. The maximum absolute atomic E-state index is 12.0. The van der Waals surface area contributed by atoms with E-state index >= 15 is 0 Å². The second-order valence-corrected chi connectivity index (χ2v) is 5.43. The van der Waals surface area contributed by atoms with Crippen LogP contribution in [0.2, 0.25) is 5.02 Å². The van der Waals surface area contributed by atoms with Crippen LogP contribution in [0.3, 0.4) is 0 Å². The topological polar surface area (TPSA) is 95.5 Å². The van der Waals surface area contributed by atoms with Gasteiger partial charge in [-0.05, 0) is 37.3 Å². The minimum absolute atomic E-state index is 0.00164. The molecule has 0 aliphatic rings. The largest absolute Gasteiger partial charge is 0.478 e. The number of carboxylic acid groups (broad SMARTS) is 1. The van der Waals surface area contributed by atoms with Gasteiger partial charge in [-0.15, -0.1) is 0 Å². The molecule has 0 spiro atoms. The third-order valence-corrected chi connectivity index (χ3v) is 3.47. The van der Waals surface area contributed by atoms with Gasteiger partial charge in [-0.3, -0.25) is 9.59 Å². The molecule has 7 heteroatoms. The van der Waals surface area contributed by atoms with E-state index in [1.165, 1.54) is 25.1 Å². The van der Waals surface area contributed by atoms with Gasteiger partial charge in [0.15, 0.2) is 5.78 Å². The fourth-order valence-electron chi connectivity index (χ4n) is 2.11. The Balaban J connectivity index is 2.07. The minimum Gasteiger partial charge on any atom is -0.478 e. The quantitative estimate of drug-likeness (QED) is 0.697. The van der Waals surface area contributed by atoms with Gasteiger partial charge in [0, 0.05) is 16.3 Å². The summed E-state index contributed by atoms with van der Waals surface area (Å²) < 4.78 is 0. The van der Waals surface area contributed by atoms with E-state index in [2.05, 4.69) is 10.6 Å². The number of para-hydroxylation sites is 1. The van der Waals surface area contributed by atoms with Crippen LogP contribution in [0.5, 0.6) is 0 Å². The lowest BCUT2D eigenvalue weighted by Crippen LogP contribution is -2.23. The van der Waals surface area contributed by atoms with E-state index in [4.69, 9.17) is 16.7 Å². The van der Waals surface area contributed by atoms with E-state index in [9.17, 15) is 14.4 Å². The molecule has 0 aliphatic carbocycles. The normalized spacial score (nSPS) is 10.1. The Bertz CT molecular complexity index is 805. The molecule has 6 nitrogen and oxygen atoms in total. The van der Waals surface area contributed by atoms with Crippen LogP contribution in [0.1, 0.15) is 27.6 Å². The van der Waals surface area contributed by atoms with E-state index in [0.717, 1.165) is 0 Å². The van der Waals surface area contributed by atoms with Gasteiger partial charge in [0.2, 0.25) is 5.91 Å². The molecule has 0 atom stereocenters. The van der Waals surface area contributed by atoms with Crippen molar-refractivity contribution >= 4 is 40.6 Å². The van der Waals surface area contributed by atoms with E-state index < -0.39 is 11.9 Å². The monoisotopic (exact) mass is 346 g/mol. The zero-order valence-corrected chi connectivity index (χ0v) is 13.6. The summed E-state index contributed by atoms with van der Waals surface area (Å²) in [6.45, 7) is 1.27. The summed E-state index contributed by atoms with van der Waals surface area (Å²) in [5.41, 5.74) is 1.07. The van der Waals surface area contributed by atoms with E-state index in [-0.39, 0.29) is 23.6 Å². The lowest BCUT2D eigenvalue weighted by Gasteiger charge is -2.12. The molecule has 124 valence electrons. The van der Waals surface area contributed by atoms with Crippen molar-refractivity contribution in [3.8, 4) is 0 Å². The smallest absolute Gasteiger partial charge is 0.337 e. The molecule has 0 saturated carbocycles. The average Bonchev–Trinajstić information content (AvgIpc) is 2.53. The van der Waals surface area contributed by atoms with Crippen molar-refractivity contribution in [3.63, 3.8) is 0 Å². The number of hydrogen-bond acceptors (Lipinski definition) is 4. The molecule has 3 N–H and O–H groups in total. The number of carbonyl (C=O) groups excluding carboxylic acids is 2. The number of benzene rings is 2. The van der Waals surface area contributed by atoms with Gasteiger partial charge in [-0.2, -0.15) is 0 Å². The Kier molecular flexibility index (Phi) is 5.55. The second kappa shape index (κ2) is 7.61. The van der Waals surface area contributed by atoms with Crippen molar-refractivity contribution < 1.29 is 19.5 Å². The number of anilines is 2. The minimum atomic E-state index is -1.13. The maximum Gasteiger partial charge on any atom is 0.337 e. The molecule has 0 radical (unpaired) electrons. The van der Waals surface area contributed by atoms with Crippen LogP contribution >= 0.6 is 11.6 Å². The van der Waals surface area contributed by atoms with Crippen LogP contribution in [-0.4, -0.2) is 29.3 Å². The van der Waals surface area contributed by atoms with Crippen molar-refractivity contribution in [2.24, 2.45) is 0 Å². The van der Waals surface area contributed by atoms with Gasteiger partial charge in [0.05, 0.1) is 17.8 Å².